The fourth-order valence-corrected chi connectivity index (χ4v) is 2.89. The summed E-state index contributed by atoms with van der Waals surface area (Å²) in [7, 11) is -0.327. The van der Waals surface area contributed by atoms with E-state index in [-0.39, 0.29) is 18.3 Å². The van der Waals surface area contributed by atoms with Crippen LogP contribution in [0.3, 0.4) is 0 Å². The molecule has 0 N–H and O–H groups in total. The predicted octanol–water partition coefficient (Wildman–Crippen LogP) is 3.03. The van der Waals surface area contributed by atoms with Crippen LogP contribution in [0.15, 0.2) is 55.1 Å². The van der Waals surface area contributed by atoms with E-state index in [1.807, 2.05) is 6.08 Å². The molecule has 25 heavy (non-hydrogen) atoms. The Bertz CT molecular complexity index is 879. The summed E-state index contributed by atoms with van der Waals surface area (Å²) >= 11 is 0. The smallest absolute Gasteiger partial charge is 0.399 e. The fraction of sp³-hybridized carbons (Fsp3) is 0.273. The van der Waals surface area contributed by atoms with Gasteiger partial charge in [0.25, 0.3) is 0 Å². The minimum Gasteiger partial charge on any atom is -0.399 e. The second-order valence-corrected chi connectivity index (χ2v) is 7.53. The van der Waals surface area contributed by atoms with Crippen molar-refractivity contribution in [2.24, 2.45) is 0 Å². The second kappa shape index (κ2) is 6.32. The largest absolute Gasteiger partial charge is 0.494 e. The lowest BCUT2D eigenvalue weighted by Crippen LogP contribution is -2.41. The van der Waals surface area contributed by atoms with Crippen LogP contribution in [0.5, 0.6) is 0 Å². The van der Waals surface area contributed by atoms with Gasteiger partial charge < -0.3 is 9.31 Å². The van der Waals surface area contributed by atoms with E-state index in [9.17, 15) is 0 Å². The maximum absolute atomic E-state index is 6.11. The van der Waals surface area contributed by atoms with Crippen molar-refractivity contribution in [2.45, 2.75) is 38.9 Å². The molecule has 0 spiro atoms. The lowest BCUT2D eigenvalue weighted by Gasteiger charge is -2.32. The Morgan fingerprint density at radius 3 is 1.96 bits per heavy atom. The average Bonchev–Trinajstić information content (AvgIpc) is 2.78. The molecule has 2 aromatic carbocycles. The zero-order valence-electron chi connectivity index (χ0n) is 15.5. The van der Waals surface area contributed by atoms with Crippen molar-refractivity contribution < 1.29 is 9.31 Å². The molecular formula is C22H25BO2. The lowest BCUT2D eigenvalue weighted by molar-refractivity contribution is 0.00578. The minimum absolute atomic E-state index is 0.323. The standard InChI is InChI=1S/C22H25BO2/c1-7-8-17-9-10-19(15-16(17)2)18-11-13-20(14-12-18)23-24-21(3,4)22(5,6)25-23/h7-15H,1-2H2,3-6H3/b17-8-. The Kier molecular flexibility index (Phi) is 4.48. The van der Waals surface area contributed by atoms with E-state index in [0.29, 0.717) is 0 Å². The summed E-state index contributed by atoms with van der Waals surface area (Å²) < 4.78 is 12.2. The molecule has 0 saturated carbocycles. The molecule has 1 fully saturated rings. The van der Waals surface area contributed by atoms with Gasteiger partial charge in [-0.25, -0.2) is 0 Å². The summed E-state index contributed by atoms with van der Waals surface area (Å²) in [4.78, 5) is 0. The highest BCUT2D eigenvalue weighted by Crippen LogP contribution is 2.36. The number of benzene rings is 2. The van der Waals surface area contributed by atoms with Crippen molar-refractivity contribution in [3.05, 3.63) is 65.6 Å². The zero-order valence-corrected chi connectivity index (χ0v) is 15.5. The molecule has 0 aliphatic carbocycles. The van der Waals surface area contributed by atoms with Gasteiger partial charge in [-0.2, -0.15) is 0 Å². The molecule has 2 aromatic rings. The highest BCUT2D eigenvalue weighted by molar-refractivity contribution is 6.62. The van der Waals surface area contributed by atoms with Gasteiger partial charge >= 0.3 is 7.12 Å². The molecule has 1 aliphatic rings. The molecule has 3 heteroatoms. The summed E-state index contributed by atoms with van der Waals surface area (Å²) in [6.07, 6.45) is 3.75. The van der Waals surface area contributed by atoms with Crippen molar-refractivity contribution in [2.75, 3.05) is 0 Å². The molecule has 0 bridgehead atoms. The van der Waals surface area contributed by atoms with Gasteiger partial charge in [0.15, 0.2) is 0 Å². The van der Waals surface area contributed by atoms with Gasteiger partial charge in [-0.3, -0.25) is 0 Å². The van der Waals surface area contributed by atoms with E-state index >= 15 is 0 Å². The number of hydrogen-bond acceptors (Lipinski definition) is 2. The van der Waals surface area contributed by atoms with Gasteiger partial charge in [0.2, 0.25) is 0 Å². The van der Waals surface area contributed by atoms with Crippen LogP contribution in [-0.4, -0.2) is 18.3 Å². The molecule has 0 radical (unpaired) electrons. The summed E-state index contributed by atoms with van der Waals surface area (Å²) in [5.74, 6) is 0. The Balaban J connectivity index is 1.87. The first kappa shape index (κ1) is 17.7. The highest BCUT2D eigenvalue weighted by atomic mass is 16.7. The van der Waals surface area contributed by atoms with Crippen LogP contribution in [0, 0.1) is 0 Å². The van der Waals surface area contributed by atoms with Crippen molar-refractivity contribution in [1.29, 1.82) is 0 Å². The molecule has 0 amide bonds. The Morgan fingerprint density at radius 1 is 0.880 bits per heavy atom. The number of allylic oxidation sites excluding steroid dienone is 1. The van der Waals surface area contributed by atoms with Crippen molar-refractivity contribution >= 4 is 25.2 Å². The topological polar surface area (TPSA) is 18.5 Å². The average molecular weight is 332 g/mol. The molecule has 0 unspecified atom stereocenters. The molecule has 128 valence electrons. The summed E-state index contributed by atoms with van der Waals surface area (Å²) in [6.45, 7) is 16.1. The van der Waals surface area contributed by atoms with E-state index in [1.165, 1.54) is 0 Å². The summed E-state index contributed by atoms with van der Waals surface area (Å²) in [5, 5.41) is 2.08. The summed E-state index contributed by atoms with van der Waals surface area (Å²) in [6, 6.07) is 14.6. The Labute approximate surface area is 150 Å². The summed E-state index contributed by atoms with van der Waals surface area (Å²) in [5.41, 5.74) is 2.68. The SMILES string of the molecule is C=C/C=c1/ccc(-c2ccc(B3OC(C)(C)C(C)(C)O3)cc2)cc1=C. The first-order valence-electron chi connectivity index (χ1n) is 8.61. The normalized spacial score (nSPS) is 19.2. The third-order valence-electron chi connectivity index (χ3n) is 5.21. The van der Waals surface area contributed by atoms with E-state index in [4.69, 9.17) is 9.31 Å². The van der Waals surface area contributed by atoms with Crippen LogP contribution >= 0.6 is 0 Å². The van der Waals surface area contributed by atoms with Gasteiger partial charge in [0.1, 0.15) is 0 Å². The maximum atomic E-state index is 6.11. The molecule has 0 aromatic heterocycles. The predicted molar refractivity (Wildman–Crippen MR) is 107 cm³/mol. The van der Waals surface area contributed by atoms with Crippen LogP contribution < -0.4 is 15.9 Å². The van der Waals surface area contributed by atoms with Gasteiger partial charge in [-0.1, -0.05) is 61.7 Å². The van der Waals surface area contributed by atoms with Crippen LogP contribution in [0.2, 0.25) is 0 Å². The molecule has 1 aliphatic heterocycles. The molecular weight excluding hydrogens is 307 g/mol. The highest BCUT2D eigenvalue weighted by Gasteiger charge is 2.51. The number of hydrogen-bond donors (Lipinski definition) is 0. The molecule has 1 saturated heterocycles. The second-order valence-electron chi connectivity index (χ2n) is 7.53. The minimum atomic E-state index is -0.327. The quantitative estimate of drug-likeness (QED) is 0.805. The Morgan fingerprint density at radius 2 is 1.44 bits per heavy atom. The van der Waals surface area contributed by atoms with Gasteiger partial charge in [-0.15, -0.1) is 0 Å². The third-order valence-corrected chi connectivity index (χ3v) is 5.21. The van der Waals surface area contributed by atoms with Gasteiger partial charge in [-0.05, 0) is 60.8 Å². The lowest BCUT2D eigenvalue weighted by atomic mass is 9.78. The fourth-order valence-electron chi connectivity index (χ4n) is 2.89. The Hall–Kier alpha value is -2.10. The monoisotopic (exact) mass is 332 g/mol. The van der Waals surface area contributed by atoms with Crippen molar-refractivity contribution in [3.63, 3.8) is 0 Å². The van der Waals surface area contributed by atoms with Crippen LogP contribution in [0.4, 0.5) is 0 Å². The number of rotatable bonds is 3. The molecule has 3 rings (SSSR count). The third kappa shape index (κ3) is 3.35. The van der Waals surface area contributed by atoms with Crippen molar-refractivity contribution in [1.82, 2.24) is 0 Å². The molecule has 1 heterocycles. The van der Waals surface area contributed by atoms with Gasteiger partial charge in [0.05, 0.1) is 11.2 Å². The zero-order chi connectivity index (χ0) is 18.2. The van der Waals surface area contributed by atoms with Crippen molar-refractivity contribution in [3.8, 4) is 11.1 Å². The van der Waals surface area contributed by atoms with Crippen LogP contribution in [-0.2, 0) is 9.31 Å². The first-order chi connectivity index (χ1) is 11.7. The van der Waals surface area contributed by atoms with Gasteiger partial charge in [0, 0.05) is 0 Å². The van der Waals surface area contributed by atoms with E-state index in [0.717, 1.165) is 27.0 Å². The maximum Gasteiger partial charge on any atom is 0.494 e. The van der Waals surface area contributed by atoms with Crippen LogP contribution in [0.1, 0.15) is 27.7 Å². The van der Waals surface area contributed by atoms with E-state index in [2.05, 4.69) is 83.3 Å². The van der Waals surface area contributed by atoms with Crippen LogP contribution in [0.25, 0.3) is 23.8 Å². The van der Waals surface area contributed by atoms with E-state index in [1.54, 1.807) is 6.08 Å². The first-order valence-corrected chi connectivity index (χ1v) is 8.61. The molecule has 0 atom stereocenters. The van der Waals surface area contributed by atoms with E-state index < -0.39 is 0 Å². The molecule has 2 nitrogen and oxygen atoms in total.